The highest BCUT2D eigenvalue weighted by Gasteiger charge is 2.35. The number of hydrogen-bond donors (Lipinski definition) is 1. The fourth-order valence-corrected chi connectivity index (χ4v) is 3.82. The second-order valence-electron chi connectivity index (χ2n) is 5.99. The van der Waals surface area contributed by atoms with Crippen LogP contribution in [0.5, 0.6) is 11.5 Å². The van der Waals surface area contributed by atoms with Crippen LogP contribution in [0.3, 0.4) is 0 Å². The van der Waals surface area contributed by atoms with Gasteiger partial charge in [-0.05, 0) is 12.1 Å². The summed E-state index contributed by atoms with van der Waals surface area (Å²) < 4.78 is 11.3. The number of hydrogen-bond acceptors (Lipinski definition) is 5. The van der Waals surface area contributed by atoms with Crippen molar-refractivity contribution < 1.29 is 19.1 Å². The lowest BCUT2D eigenvalue weighted by molar-refractivity contribution is -0.135. The van der Waals surface area contributed by atoms with Crippen LogP contribution in [0.2, 0.25) is 0 Å². The third kappa shape index (κ3) is 3.24. The first kappa shape index (κ1) is 16.0. The molecule has 23 heavy (non-hydrogen) atoms. The van der Waals surface area contributed by atoms with Crippen molar-refractivity contribution >= 4 is 29.3 Å². The Kier molecular flexibility index (Phi) is 4.14. The molecule has 6 nitrogen and oxygen atoms in total. The Labute approximate surface area is 139 Å². The fraction of sp³-hybridized carbons (Fsp3) is 0.500. The summed E-state index contributed by atoms with van der Waals surface area (Å²) in [6, 6.07) is 4.87. The van der Waals surface area contributed by atoms with E-state index in [2.05, 4.69) is 5.32 Å². The average Bonchev–Trinajstić information content (AvgIpc) is 3.08. The smallest absolute Gasteiger partial charge is 0.248 e. The van der Waals surface area contributed by atoms with E-state index in [-0.39, 0.29) is 11.8 Å². The maximum absolute atomic E-state index is 12.5. The molecule has 1 aromatic carbocycles. The van der Waals surface area contributed by atoms with Crippen LogP contribution in [0.4, 0.5) is 5.69 Å². The van der Waals surface area contributed by atoms with Gasteiger partial charge in [-0.3, -0.25) is 9.59 Å². The second-order valence-corrected chi connectivity index (χ2v) is 6.99. The van der Waals surface area contributed by atoms with Crippen molar-refractivity contribution in [2.75, 3.05) is 16.9 Å². The molecule has 1 atom stereocenters. The number of amides is 2. The van der Waals surface area contributed by atoms with E-state index in [1.807, 2.05) is 13.8 Å². The van der Waals surface area contributed by atoms with E-state index in [1.54, 1.807) is 41.8 Å². The van der Waals surface area contributed by atoms with Gasteiger partial charge in [0.25, 0.3) is 0 Å². The lowest BCUT2D eigenvalue weighted by Gasteiger charge is -2.22. The standard InChI is InChI=1S/C16H20N2O4S/c1-4-14(19)18-9-23-8-11(18)15(20)17-10-5-6-12-13(7-10)22-16(2,3)21-12/h5-7,11H,4,8-9H2,1-3H3,(H,17,20)/t11-/m0/s1. The molecule has 0 aliphatic carbocycles. The van der Waals surface area contributed by atoms with Gasteiger partial charge < -0.3 is 19.7 Å². The van der Waals surface area contributed by atoms with Crippen molar-refractivity contribution in [2.45, 2.75) is 39.0 Å². The number of anilines is 1. The molecule has 124 valence electrons. The minimum absolute atomic E-state index is 0.00239. The van der Waals surface area contributed by atoms with Crippen molar-refractivity contribution in [1.82, 2.24) is 4.90 Å². The predicted octanol–water partition coefficient (Wildman–Crippen LogP) is 2.44. The Bertz CT molecular complexity index is 647. The summed E-state index contributed by atoms with van der Waals surface area (Å²) in [5.41, 5.74) is 0.635. The van der Waals surface area contributed by atoms with Crippen LogP contribution in [0.15, 0.2) is 18.2 Å². The summed E-state index contributed by atoms with van der Waals surface area (Å²) in [7, 11) is 0. The van der Waals surface area contributed by atoms with Crippen LogP contribution < -0.4 is 14.8 Å². The van der Waals surface area contributed by atoms with Gasteiger partial charge in [-0.2, -0.15) is 0 Å². The first-order valence-corrected chi connectivity index (χ1v) is 8.75. The molecule has 0 saturated carbocycles. The Hall–Kier alpha value is -1.89. The van der Waals surface area contributed by atoms with Gasteiger partial charge in [0.15, 0.2) is 11.5 Å². The molecule has 2 amide bonds. The molecule has 2 aliphatic rings. The van der Waals surface area contributed by atoms with Crippen LogP contribution in [-0.4, -0.2) is 40.2 Å². The highest BCUT2D eigenvalue weighted by Crippen LogP contribution is 2.40. The molecule has 2 heterocycles. The van der Waals surface area contributed by atoms with E-state index in [0.29, 0.717) is 35.2 Å². The van der Waals surface area contributed by atoms with Crippen molar-refractivity contribution in [2.24, 2.45) is 0 Å². The molecule has 0 bridgehead atoms. The number of nitrogens with zero attached hydrogens (tertiary/aromatic N) is 1. The van der Waals surface area contributed by atoms with Crippen LogP contribution in [0.1, 0.15) is 27.2 Å². The van der Waals surface area contributed by atoms with Gasteiger partial charge in [0.05, 0.1) is 5.88 Å². The molecule has 3 rings (SSSR count). The van der Waals surface area contributed by atoms with Crippen molar-refractivity contribution in [3.05, 3.63) is 18.2 Å². The first-order valence-electron chi connectivity index (χ1n) is 7.60. The Balaban J connectivity index is 1.71. The summed E-state index contributed by atoms with van der Waals surface area (Å²) in [5, 5.41) is 2.87. The van der Waals surface area contributed by atoms with E-state index in [1.165, 1.54) is 0 Å². The molecule has 2 aliphatic heterocycles. The molecule has 0 unspecified atom stereocenters. The van der Waals surface area contributed by atoms with Crippen molar-refractivity contribution in [1.29, 1.82) is 0 Å². The maximum Gasteiger partial charge on any atom is 0.248 e. The maximum atomic E-state index is 12.5. The molecule has 1 N–H and O–H groups in total. The molecule has 0 aromatic heterocycles. The van der Waals surface area contributed by atoms with Crippen molar-refractivity contribution in [3.8, 4) is 11.5 Å². The average molecular weight is 336 g/mol. The number of ether oxygens (including phenoxy) is 2. The number of thioether (sulfide) groups is 1. The first-order chi connectivity index (χ1) is 10.9. The van der Waals surface area contributed by atoms with Gasteiger partial charge in [-0.15, -0.1) is 11.8 Å². The molecule has 7 heteroatoms. The second kappa shape index (κ2) is 5.96. The number of nitrogens with one attached hydrogen (secondary N) is 1. The SMILES string of the molecule is CCC(=O)N1CSC[C@H]1C(=O)Nc1ccc2c(c1)OC(C)(C)O2. The van der Waals surface area contributed by atoms with Gasteiger partial charge in [0.1, 0.15) is 6.04 Å². The van der Waals surface area contributed by atoms with Gasteiger partial charge >= 0.3 is 0 Å². The molecule has 1 saturated heterocycles. The van der Waals surface area contributed by atoms with E-state index in [4.69, 9.17) is 9.47 Å². The monoisotopic (exact) mass is 336 g/mol. The quantitative estimate of drug-likeness (QED) is 0.918. The minimum Gasteiger partial charge on any atom is -0.449 e. The number of benzene rings is 1. The van der Waals surface area contributed by atoms with Crippen LogP contribution in [-0.2, 0) is 9.59 Å². The summed E-state index contributed by atoms with van der Waals surface area (Å²) in [6.07, 6.45) is 0.406. The predicted molar refractivity (Wildman–Crippen MR) is 88.7 cm³/mol. The van der Waals surface area contributed by atoms with Crippen molar-refractivity contribution in [3.63, 3.8) is 0 Å². The molecule has 0 radical (unpaired) electrons. The molecule has 0 spiro atoms. The lowest BCUT2D eigenvalue weighted by atomic mass is 10.2. The lowest BCUT2D eigenvalue weighted by Crippen LogP contribution is -2.44. The third-order valence-corrected chi connectivity index (χ3v) is 4.74. The largest absolute Gasteiger partial charge is 0.449 e. The molecule has 1 fully saturated rings. The Morgan fingerprint density at radius 3 is 2.83 bits per heavy atom. The fourth-order valence-electron chi connectivity index (χ4n) is 2.63. The van der Waals surface area contributed by atoms with Crippen LogP contribution in [0, 0.1) is 0 Å². The zero-order chi connectivity index (χ0) is 16.6. The minimum atomic E-state index is -0.697. The Morgan fingerprint density at radius 1 is 1.35 bits per heavy atom. The molecular formula is C16H20N2O4S. The summed E-state index contributed by atoms with van der Waals surface area (Å²) >= 11 is 1.59. The highest BCUT2D eigenvalue weighted by atomic mass is 32.2. The highest BCUT2D eigenvalue weighted by molar-refractivity contribution is 7.99. The van der Waals surface area contributed by atoms with E-state index in [0.717, 1.165) is 0 Å². The van der Waals surface area contributed by atoms with Crippen LogP contribution in [0.25, 0.3) is 0 Å². The number of fused-ring (bicyclic) bond motifs is 1. The molecule has 1 aromatic rings. The third-order valence-electron chi connectivity index (χ3n) is 3.73. The van der Waals surface area contributed by atoms with Gasteiger partial charge in [-0.1, -0.05) is 6.92 Å². The van der Waals surface area contributed by atoms with Gasteiger partial charge in [0, 0.05) is 37.8 Å². The van der Waals surface area contributed by atoms with E-state index >= 15 is 0 Å². The van der Waals surface area contributed by atoms with Crippen LogP contribution >= 0.6 is 11.8 Å². The van der Waals surface area contributed by atoms with E-state index in [9.17, 15) is 9.59 Å². The zero-order valence-corrected chi connectivity index (χ0v) is 14.2. The normalized spacial score (nSPS) is 21.3. The summed E-state index contributed by atoms with van der Waals surface area (Å²) in [6.45, 7) is 5.46. The number of rotatable bonds is 3. The molecular weight excluding hydrogens is 316 g/mol. The summed E-state index contributed by atoms with van der Waals surface area (Å²) in [5.74, 6) is 1.59. The van der Waals surface area contributed by atoms with Gasteiger partial charge in [-0.25, -0.2) is 0 Å². The van der Waals surface area contributed by atoms with E-state index < -0.39 is 11.8 Å². The number of carbonyl (C=O) groups excluding carboxylic acids is 2. The Morgan fingerprint density at radius 2 is 2.09 bits per heavy atom. The zero-order valence-electron chi connectivity index (χ0n) is 13.4. The number of carbonyl (C=O) groups is 2. The topological polar surface area (TPSA) is 67.9 Å². The summed E-state index contributed by atoms with van der Waals surface area (Å²) in [4.78, 5) is 26.0. The van der Waals surface area contributed by atoms with Gasteiger partial charge in [0.2, 0.25) is 17.6 Å².